The van der Waals surface area contributed by atoms with Gasteiger partial charge in [-0.1, -0.05) is 18.3 Å². The minimum absolute atomic E-state index is 0.103. The van der Waals surface area contributed by atoms with E-state index in [1.165, 1.54) is 16.0 Å². The molecule has 0 saturated carbocycles. The summed E-state index contributed by atoms with van der Waals surface area (Å²) >= 11 is 1.40. The molecule has 0 aliphatic heterocycles. The summed E-state index contributed by atoms with van der Waals surface area (Å²) in [5.41, 5.74) is 2.51. The van der Waals surface area contributed by atoms with Gasteiger partial charge in [-0.05, 0) is 38.5 Å². The average molecular weight is 300 g/mol. The van der Waals surface area contributed by atoms with Crippen LogP contribution >= 0.6 is 11.3 Å². The van der Waals surface area contributed by atoms with Crippen LogP contribution in [0.2, 0.25) is 0 Å². The van der Waals surface area contributed by atoms with Crippen molar-refractivity contribution in [2.75, 3.05) is 0 Å². The van der Waals surface area contributed by atoms with Crippen molar-refractivity contribution in [3.05, 3.63) is 52.6 Å². The number of aromatic nitrogens is 4. The smallest absolute Gasteiger partial charge is 0.290 e. The Hall–Kier alpha value is -2.21. The van der Waals surface area contributed by atoms with Crippen LogP contribution in [0.1, 0.15) is 33.7 Å². The monoisotopic (exact) mass is 300 g/mol. The first-order chi connectivity index (χ1) is 10.1. The van der Waals surface area contributed by atoms with E-state index in [-0.39, 0.29) is 5.91 Å². The van der Waals surface area contributed by atoms with Crippen LogP contribution in [0.15, 0.2) is 30.6 Å². The number of thiazole rings is 1. The zero-order valence-electron chi connectivity index (χ0n) is 12.2. The Balaban J connectivity index is 2.05. The maximum atomic E-state index is 12.7. The second kappa shape index (κ2) is 5.29. The number of carbonyl (C=O) groups excluding carboxylic acids is 1. The lowest BCUT2D eigenvalue weighted by atomic mass is 10.3. The van der Waals surface area contributed by atoms with Crippen LogP contribution in [-0.4, -0.2) is 25.2 Å². The normalized spacial score (nSPS) is 11.0. The molecule has 0 aliphatic rings. The minimum Gasteiger partial charge on any atom is -0.300 e. The van der Waals surface area contributed by atoms with E-state index in [1.54, 1.807) is 0 Å². The first-order valence-corrected chi connectivity index (χ1v) is 7.62. The lowest BCUT2D eigenvalue weighted by Crippen LogP contribution is -2.15. The van der Waals surface area contributed by atoms with Crippen LogP contribution in [0, 0.1) is 13.8 Å². The van der Waals surface area contributed by atoms with E-state index in [0.717, 1.165) is 28.6 Å². The Bertz CT molecular complexity index is 783. The molecule has 6 heteroatoms. The third kappa shape index (κ3) is 2.42. The molecule has 5 nitrogen and oxygen atoms in total. The maximum Gasteiger partial charge on any atom is 0.290 e. The number of rotatable bonds is 3. The quantitative estimate of drug-likeness (QED) is 0.747. The summed E-state index contributed by atoms with van der Waals surface area (Å²) in [5.74, 6) is -0.103. The second-order valence-electron chi connectivity index (χ2n) is 4.86. The lowest BCUT2D eigenvalue weighted by molar-refractivity contribution is 0.0945. The first-order valence-electron chi connectivity index (χ1n) is 6.81. The Morgan fingerprint density at radius 3 is 2.57 bits per heavy atom. The van der Waals surface area contributed by atoms with Gasteiger partial charge in [-0.3, -0.25) is 4.79 Å². The molecule has 0 N–H and O–H groups in total. The first kappa shape index (κ1) is 13.8. The Morgan fingerprint density at radius 1 is 1.29 bits per heavy atom. The third-order valence-electron chi connectivity index (χ3n) is 3.24. The van der Waals surface area contributed by atoms with Crippen LogP contribution in [0.3, 0.4) is 0 Å². The molecule has 0 radical (unpaired) electrons. The van der Waals surface area contributed by atoms with Crippen molar-refractivity contribution in [1.82, 2.24) is 19.3 Å². The van der Waals surface area contributed by atoms with E-state index in [2.05, 4.69) is 10.1 Å². The van der Waals surface area contributed by atoms with Gasteiger partial charge in [0.2, 0.25) is 0 Å². The molecule has 0 unspecified atom stereocenters. The predicted molar refractivity (Wildman–Crippen MR) is 82.2 cm³/mol. The fraction of sp³-hybridized carbons (Fsp3) is 0.267. The average Bonchev–Trinajstić information content (AvgIpc) is 3.16. The lowest BCUT2D eigenvalue weighted by Gasteiger charge is -2.01. The van der Waals surface area contributed by atoms with Crippen molar-refractivity contribution in [2.45, 2.75) is 27.2 Å². The molecule has 0 amide bonds. The highest BCUT2D eigenvalue weighted by atomic mass is 32.1. The number of hydrogen-bond acceptors (Lipinski definition) is 4. The van der Waals surface area contributed by atoms with E-state index in [0.29, 0.717) is 4.88 Å². The van der Waals surface area contributed by atoms with Gasteiger partial charge in [0.15, 0.2) is 5.13 Å². The summed E-state index contributed by atoms with van der Waals surface area (Å²) in [6.45, 7) is 5.78. The molecule has 0 aromatic carbocycles. The largest absolute Gasteiger partial charge is 0.300 e. The van der Waals surface area contributed by atoms with Gasteiger partial charge in [0.25, 0.3) is 5.91 Å². The SMILES string of the molecule is CCc1nc(-n2cccc2)sc1C(=O)n1nc(C)cc1C. The topological polar surface area (TPSA) is 52.7 Å². The van der Waals surface area contributed by atoms with Crippen LogP contribution < -0.4 is 0 Å². The van der Waals surface area contributed by atoms with Gasteiger partial charge in [0.05, 0.1) is 11.4 Å². The van der Waals surface area contributed by atoms with Crippen molar-refractivity contribution in [1.29, 1.82) is 0 Å². The van der Waals surface area contributed by atoms with Gasteiger partial charge in [-0.2, -0.15) is 5.10 Å². The van der Waals surface area contributed by atoms with E-state index < -0.39 is 0 Å². The summed E-state index contributed by atoms with van der Waals surface area (Å²) in [6.07, 6.45) is 4.57. The van der Waals surface area contributed by atoms with Crippen LogP contribution in [0.4, 0.5) is 0 Å². The standard InChI is InChI=1S/C15H16N4OS/c1-4-12-13(14(20)19-11(3)9-10(2)17-19)21-15(16-12)18-7-5-6-8-18/h5-9H,4H2,1-3H3. The van der Waals surface area contributed by atoms with Gasteiger partial charge in [0.1, 0.15) is 4.88 Å². The molecule has 0 atom stereocenters. The molecule has 3 rings (SSSR count). The fourth-order valence-electron chi connectivity index (χ4n) is 2.25. The summed E-state index contributed by atoms with van der Waals surface area (Å²) in [5, 5.41) is 5.08. The highest BCUT2D eigenvalue weighted by Crippen LogP contribution is 2.24. The van der Waals surface area contributed by atoms with Crippen LogP contribution in [0.25, 0.3) is 5.13 Å². The minimum atomic E-state index is -0.103. The molecule has 3 aromatic heterocycles. The summed E-state index contributed by atoms with van der Waals surface area (Å²) in [4.78, 5) is 17.9. The molecule has 3 aromatic rings. The second-order valence-corrected chi connectivity index (χ2v) is 5.84. The van der Waals surface area contributed by atoms with Gasteiger partial charge in [-0.25, -0.2) is 9.67 Å². The van der Waals surface area contributed by atoms with Crippen molar-refractivity contribution >= 4 is 17.2 Å². The summed E-state index contributed by atoms with van der Waals surface area (Å²) < 4.78 is 3.38. The molecular formula is C15H16N4OS. The van der Waals surface area contributed by atoms with Crippen molar-refractivity contribution in [2.24, 2.45) is 0 Å². The summed E-state index contributed by atoms with van der Waals surface area (Å²) in [6, 6.07) is 5.78. The Labute approximate surface area is 126 Å². The highest BCUT2D eigenvalue weighted by molar-refractivity contribution is 7.16. The number of aryl methyl sites for hydroxylation is 3. The number of nitrogens with zero attached hydrogens (tertiary/aromatic N) is 4. The fourth-order valence-corrected chi connectivity index (χ4v) is 3.30. The highest BCUT2D eigenvalue weighted by Gasteiger charge is 2.21. The predicted octanol–water partition coefficient (Wildman–Crippen LogP) is 3.00. The van der Waals surface area contributed by atoms with Gasteiger partial charge in [0, 0.05) is 18.1 Å². The molecule has 3 heterocycles. The van der Waals surface area contributed by atoms with Crippen molar-refractivity contribution in [3.8, 4) is 5.13 Å². The molecule has 0 aliphatic carbocycles. The van der Waals surface area contributed by atoms with Crippen molar-refractivity contribution < 1.29 is 4.79 Å². The molecule has 0 saturated heterocycles. The van der Waals surface area contributed by atoms with Gasteiger partial charge >= 0.3 is 0 Å². The van der Waals surface area contributed by atoms with E-state index in [1.807, 2.05) is 55.9 Å². The zero-order valence-corrected chi connectivity index (χ0v) is 13.0. The number of carbonyl (C=O) groups is 1. The third-order valence-corrected chi connectivity index (χ3v) is 4.34. The van der Waals surface area contributed by atoms with Gasteiger partial charge in [-0.15, -0.1) is 0 Å². The van der Waals surface area contributed by atoms with Crippen molar-refractivity contribution in [3.63, 3.8) is 0 Å². The molecule has 0 fully saturated rings. The van der Waals surface area contributed by atoms with E-state index in [9.17, 15) is 4.79 Å². The number of hydrogen-bond donors (Lipinski definition) is 0. The van der Waals surface area contributed by atoms with Crippen LogP contribution in [-0.2, 0) is 6.42 Å². The van der Waals surface area contributed by atoms with E-state index >= 15 is 0 Å². The Kier molecular flexibility index (Phi) is 3.47. The molecule has 21 heavy (non-hydrogen) atoms. The maximum absolute atomic E-state index is 12.7. The molecular weight excluding hydrogens is 284 g/mol. The van der Waals surface area contributed by atoms with E-state index in [4.69, 9.17) is 0 Å². The Morgan fingerprint density at radius 2 is 2.00 bits per heavy atom. The molecule has 0 bridgehead atoms. The molecule has 108 valence electrons. The van der Waals surface area contributed by atoms with Crippen LogP contribution in [0.5, 0.6) is 0 Å². The zero-order chi connectivity index (χ0) is 15.0. The molecule has 0 spiro atoms. The van der Waals surface area contributed by atoms with Gasteiger partial charge < -0.3 is 4.57 Å². The summed E-state index contributed by atoms with van der Waals surface area (Å²) in [7, 11) is 0.